The predicted molar refractivity (Wildman–Crippen MR) is 79.3 cm³/mol. The predicted octanol–water partition coefficient (Wildman–Crippen LogP) is 2.09. The third kappa shape index (κ3) is 4.80. The molecule has 0 saturated heterocycles. The zero-order valence-electron chi connectivity index (χ0n) is 12.1. The average Bonchev–Trinajstić information content (AvgIpc) is 2.53. The number of amides is 1. The van der Waals surface area contributed by atoms with Crippen LogP contribution in [0.2, 0.25) is 0 Å². The molecule has 0 aliphatic carbocycles. The van der Waals surface area contributed by atoms with E-state index in [4.69, 9.17) is 9.47 Å². The highest BCUT2D eigenvalue weighted by Crippen LogP contribution is 2.11. The number of ether oxygens (including phenoxy) is 2. The maximum absolute atomic E-state index is 11.7. The van der Waals surface area contributed by atoms with E-state index in [9.17, 15) is 4.79 Å². The Kier molecular flexibility index (Phi) is 5.15. The lowest BCUT2D eigenvalue weighted by molar-refractivity contribution is -0.123. The topological polar surface area (TPSA) is 60.5 Å². The van der Waals surface area contributed by atoms with E-state index in [-0.39, 0.29) is 12.5 Å². The number of aryl methyl sites for hydroxylation is 1. The first-order valence-electron chi connectivity index (χ1n) is 6.62. The molecule has 0 radical (unpaired) electrons. The molecule has 1 heterocycles. The zero-order valence-corrected chi connectivity index (χ0v) is 12.1. The molecule has 0 aliphatic heterocycles. The molecule has 0 fully saturated rings. The molecule has 1 aromatic heterocycles. The second kappa shape index (κ2) is 7.28. The van der Waals surface area contributed by atoms with E-state index in [0.29, 0.717) is 12.3 Å². The van der Waals surface area contributed by atoms with Gasteiger partial charge >= 0.3 is 0 Å². The van der Waals surface area contributed by atoms with Gasteiger partial charge in [0.05, 0.1) is 13.3 Å². The largest absolute Gasteiger partial charge is 0.497 e. The van der Waals surface area contributed by atoms with Crippen molar-refractivity contribution in [1.29, 1.82) is 0 Å². The monoisotopic (exact) mass is 286 g/mol. The molecule has 2 rings (SSSR count). The Morgan fingerprint density at radius 1 is 1.14 bits per heavy atom. The van der Waals surface area contributed by atoms with Crippen LogP contribution in [-0.4, -0.2) is 24.6 Å². The van der Waals surface area contributed by atoms with Crippen LogP contribution >= 0.6 is 0 Å². The van der Waals surface area contributed by atoms with Crippen LogP contribution in [0.25, 0.3) is 0 Å². The number of hydrogen-bond acceptors (Lipinski definition) is 4. The van der Waals surface area contributed by atoms with Crippen molar-refractivity contribution in [3.05, 3.63) is 53.9 Å². The van der Waals surface area contributed by atoms with Gasteiger partial charge in [0.25, 0.3) is 5.91 Å². The molecule has 1 N–H and O–H groups in total. The molecule has 5 heteroatoms. The molecule has 1 aromatic carbocycles. The summed E-state index contributed by atoms with van der Waals surface area (Å²) >= 11 is 0. The summed E-state index contributed by atoms with van der Waals surface area (Å²) in [7, 11) is 1.62. The normalized spacial score (nSPS) is 10.0. The Hall–Kier alpha value is -2.56. The van der Waals surface area contributed by atoms with Crippen molar-refractivity contribution in [3.8, 4) is 11.5 Å². The summed E-state index contributed by atoms with van der Waals surface area (Å²) in [4.78, 5) is 15.8. The maximum atomic E-state index is 11.7. The van der Waals surface area contributed by atoms with E-state index in [0.717, 1.165) is 17.0 Å². The van der Waals surface area contributed by atoms with Gasteiger partial charge in [-0.3, -0.25) is 9.78 Å². The van der Waals surface area contributed by atoms with Crippen LogP contribution in [-0.2, 0) is 11.3 Å². The Labute approximate surface area is 123 Å². The Morgan fingerprint density at radius 3 is 2.48 bits per heavy atom. The minimum atomic E-state index is -0.175. The Morgan fingerprint density at radius 2 is 1.86 bits per heavy atom. The fourth-order valence-corrected chi connectivity index (χ4v) is 1.68. The summed E-state index contributed by atoms with van der Waals surface area (Å²) in [6.45, 7) is 2.32. The van der Waals surface area contributed by atoms with Gasteiger partial charge in [-0.05, 0) is 36.8 Å². The highest BCUT2D eigenvalue weighted by molar-refractivity contribution is 5.77. The lowest BCUT2D eigenvalue weighted by atomic mass is 10.2. The number of carbonyl (C=O) groups excluding carboxylic acids is 1. The number of methoxy groups -OCH3 is 1. The highest BCUT2D eigenvalue weighted by atomic mass is 16.5. The van der Waals surface area contributed by atoms with E-state index < -0.39 is 0 Å². The van der Waals surface area contributed by atoms with Crippen molar-refractivity contribution in [2.45, 2.75) is 13.5 Å². The Balaban J connectivity index is 1.75. The van der Waals surface area contributed by atoms with Gasteiger partial charge < -0.3 is 14.8 Å². The fourth-order valence-electron chi connectivity index (χ4n) is 1.68. The van der Waals surface area contributed by atoms with Gasteiger partial charge in [0, 0.05) is 12.2 Å². The molecule has 110 valence electrons. The standard InChI is InChI=1S/C16H18N2O3/c1-12-3-6-15(10-17-12)21-11-16(19)18-9-13-4-7-14(20-2)8-5-13/h3-8,10H,9,11H2,1-2H3,(H,18,19). The quantitative estimate of drug-likeness (QED) is 0.883. The molecule has 2 aromatic rings. The molecule has 0 atom stereocenters. The summed E-state index contributed by atoms with van der Waals surface area (Å²) in [6.07, 6.45) is 1.60. The molecule has 21 heavy (non-hydrogen) atoms. The summed E-state index contributed by atoms with van der Waals surface area (Å²) in [6, 6.07) is 11.2. The van der Waals surface area contributed by atoms with Crippen LogP contribution in [0.3, 0.4) is 0 Å². The first-order chi connectivity index (χ1) is 10.2. The second-order valence-electron chi connectivity index (χ2n) is 4.55. The van der Waals surface area contributed by atoms with E-state index in [1.54, 1.807) is 19.4 Å². The number of benzene rings is 1. The van der Waals surface area contributed by atoms with E-state index in [2.05, 4.69) is 10.3 Å². The van der Waals surface area contributed by atoms with Gasteiger partial charge in [0.15, 0.2) is 6.61 Å². The number of rotatable bonds is 6. The minimum absolute atomic E-state index is 0.0269. The van der Waals surface area contributed by atoms with Crippen molar-refractivity contribution in [1.82, 2.24) is 10.3 Å². The van der Waals surface area contributed by atoms with Gasteiger partial charge in [0.1, 0.15) is 11.5 Å². The number of aromatic nitrogens is 1. The van der Waals surface area contributed by atoms with Gasteiger partial charge in [-0.2, -0.15) is 0 Å². The second-order valence-corrected chi connectivity index (χ2v) is 4.55. The third-order valence-electron chi connectivity index (χ3n) is 2.90. The molecule has 1 amide bonds. The van der Waals surface area contributed by atoms with Gasteiger partial charge in [-0.15, -0.1) is 0 Å². The average molecular weight is 286 g/mol. The first-order valence-corrected chi connectivity index (χ1v) is 6.62. The smallest absolute Gasteiger partial charge is 0.258 e. The van der Waals surface area contributed by atoms with E-state index in [1.165, 1.54) is 0 Å². The number of nitrogens with zero attached hydrogens (tertiary/aromatic N) is 1. The summed E-state index contributed by atoms with van der Waals surface area (Å²) in [5.74, 6) is 1.20. The molecule has 5 nitrogen and oxygen atoms in total. The molecule has 0 unspecified atom stereocenters. The van der Waals surface area contributed by atoms with Crippen LogP contribution < -0.4 is 14.8 Å². The summed E-state index contributed by atoms with van der Waals surface area (Å²) in [5.41, 5.74) is 1.91. The van der Waals surface area contributed by atoms with Crippen LogP contribution in [0, 0.1) is 6.92 Å². The van der Waals surface area contributed by atoms with Crippen molar-refractivity contribution in [2.75, 3.05) is 13.7 Å². The highest BCUT2D eigenvalue weighted by Gasteiger charge is 2.03. The van der Waals surface area contributed by atoms with Crippen LogP contribution in [0.4, 0.5) is 0 Å². The van der Waals surface area contributed by atoms with Crippen molar-refractivity contribution in [2.24, 2.45) is 0 Å². The summed E-state index contributed by atoms with van der Waals surface area (Å²) in [5, 5.41) is 2.79. The molecule has 0 spiro atoms. The maximum Gasteiger partial charge on any atom is 0.258 e. The minimum Gasteiger partial charge on any atom is -0.497 e. The molecular formula is C16H18N2O3. The lowest BCUT2D eigenvalue weighted by Gasteiger charge is -2.08. The number of pyridine rings is 1. The molecule has 0 saturated carbocycles. The van der Waals surface area contributed by atoms with Crippen molar-refractivity contribution in [3.63, 3.8) is 0 Å². The van der Waals surface area contributed by atoms with E-state index >= 15 is 0 Å². The van der Waals surface area contributed by atoms with Crippen LogP contribution in [0.15, 0.2) is 42.6 Å². The lowest BCUT2D eigenvalue weighted by Crippen LogP contribution is -2.28. The molecule has 0 aliphatic rings. The molecular weight excluding hydrogens is 268 g/mol. The first kappa shape index (κ1) is 14.8. The van der Waals surface area contributed by atoms with E-state index in [1.807, 2.05) is 37.3 Å². The van der Waals surface area contributed by atoms with Crippen molar-refractivity contribution < 1.29 is 14.3 Å². The van der Waals surface area contributed by atoms with Gasteiger partial charge in [-0.25, -0.2) is 0 Å². The zero-order chi connectivity index (χ0) is 15.1. The fraction of sp³-hybridized carbons (Fsp3) is 0.250. The van der Waals surface area contributed by atoms with Gasteiger partial charge in [0.2, 0.25) is 0 Å². The molecule has 0 bridgehead atoms. The SMILES string of the molecule is COc1ccc(CNC(=O)COc2ccc(C)nc2)cc1. The van der Waals surface area contributed by atoms with Crippen molar-refractivity contribution >= 4 is 5.91 Å². The number of nitrogens with one attached hydrogen (secondary N) is 1. The summed E-state index contributed by atoms with van der Waals surface area (Å²) < 4.78 is 10.4. The van der Waals surface area contributed by atoms with Crippen LogP contribution in [0.5, 0.6) is 11.5 Å². The number of hydrogen-bond donors (Lipinski definition) is 1. The Bertz CT molecular complexity index is 579. The third-order valence-corrected chi connectivity index (χ3v) is 2.90. The number of carbonyl (C=O) groups is 1. The van der Waals surface area contributed by atoms with Crippen LogP contribution in [0.1, 0.15) is 11.3 Å². The van der Waals surface area contributed by atoms with Gasteiger partial charge in [-0.1, -0.05) is 12.1 Å².